The number of hydrogen-bond acceptors (Lipinski definition) is 4. The van der Waals surface area contributed by atoms with E-state index in [1.807, 2.05) is 4.90 Å². The van der Waals surface area contributed by atoms with Crippen LogP contribution in [0, 0.1) is 0 Å². The van der Waals surface area contributed by atoms with Crippen LogP contribution in [0.4, 0.5) is 4.79 Å². The number of likely N-dealkylation sites (tertiary alicyclic amines) is 1. The molecule has 0 aromatic heterocycles. The Labute approximate surface area is 163 Å². The van der Waals surface area contributed by atoms with E-state index in [9.17, 15) is 9.90 Å². The minimum atomic E-state index is -0.118. The highest BCUT2D eigenvalue weighted by molar-refractivity contribution is 5.74. The maximum Gasteiger partial charge on any atom is 0.317 e. The number of benzene rings is 1. The number of rotatable bonds is 7. The van der Waals surface area contributed by atoms with Gasteiger partial charge in [0.05, 0.1) is 6.10 Å². The molecule has 2 heterocycles. The molecule has 2 aliphatic rings. The molecule has 0 bridgehead atoms. The van der Waals surface area contributed by atoms with Crippen molar-refractivity contribution in [2.45, 2.75) is 31.8 Å². The van der Waals surface area contributed by atoms with E-state index >= 15 is 0 Å². The summed E-state index contributed by atoms with van der Waals surface area (Å²) in [7, 11) is 0. The summed E-state index contributed by atoms with van der Waals surface area (Å²) < 4.78 is 0. The van der Waals surface area contributed by atoms with Gasteiger partial charge < -0.3 is 20.2 Å². The zero-order valence-electron chi connectivity index (χ0n) is 16.4. The van der Waals surface area contributed by atoms with Crippen molar-refractivity contribution in [3.8, 4) is 0 Å². The Morgan fingerprint density at radius 2 is 1.63 bits per heavy atom. The first-order valence-corrected chi connectivity index (χ1v) is 10.4. The maximum atomic E-state index is 12.3. The lowest BCUT2D eigenvalue weighted by Crippen LogP contribution is -2.52. The van der Waals surface area contributed by atoms with E-state index in [0.29, 0.717) is 0 Å². The topological polar surface area (TPSA) is 59.1 Å². The summed E-state index contributed by atoms with van der Waals surface area (Å²) in [6, 6.07) is 10.7. The van der Waals surface area contributed by atoms with Crippen molar-refractivity contribution in [1.82, 2.24) is 20.0 Å². The fourth-order valence-electron chi connectivity index (χ4n) is 3.86. The molecule has 0 aliphatic carbocycles. The van der Waals surface area contributed by atoms with Crippen molar-refractivity contribution in [3.05, 3.63) is 35.9 Å². The first-order chi connectivity index (χ1) is 13.2. The Morgan fingerprint density at radius 3 is 2.33 bits per heavy atom. The number of carbonyl (C=O) groups is 1. The Morgan fingerprint density at radius 1 is 0.963 bits per heavy atom. The van der Waals surface area contributed by atoms with Crippen LogP contribution in [0.25, 0.3) is 0 Å². The summed E-state index contributed by atoms with van der Waals surface area (Å²) in [6.45, 7) is 8.26. The number of piperidine rings is 1. The van der Waals surface area contributed by atoms with E-state index in [0.717, 1.165) is 84.6 Å². The average Bonchev–Trinajstić information content (AvgIpc) is 2.72. The molecule has 6 nitrogen and oxygen atoms in total. The smallest absolute Gasteiger partial charge is 0.317 e. The first kappa shape index (κ1) is 20.1. The van der Waals surface area contributed by atoms with Crippen LogP contribution in [0.1, 0.15) is 24.8 Å². The molecular formula is C21H34N4O2. The molecule has 0 radical (unpaired) electrons. The summed E-state index contributed by atoms with van der Waals surface area (Å²) in [5, 5.41) is 12.6. The Bertz CT molecular complexity index is 553. The largest absolute Gasteiger partial charge is 0.393 e. The van der Waals surface area contributed by atoms with Crippen molar-refractivity contribution in [2.75, 3.05) is 58.9 Å². The molecule has 2 aliphatic heterocycles. The molecule has 1 aromatic carbocycles. The lowest BCUT2D eigenvalue weighted by Gasteiger charge is -2.34. The minimum Gasteiger partial charge on any atom is -0.393 e. The SMILES string of the molecule is O=C(NCCCN1CCC(O)CC1)N1CCN(CCc2ccccc2)CC1. The Hall–Kier alpha value is -1.63. The zero-order valence-corrected chi connectivity index (χ0v) is 16.4. The average molecular weight is 375 g/mol. The number of aliphatic hydroxyl groups is 1. The number of nitrogens with one attached hydrogen (secondary N) is 1. The number of aliphatic hydroxyl groups excluding tert-OH is 1. The van der Waals surface area contributed by atoms with Gasteiger partial charge in [0.25, 0.3) is 0 Å². The van der Waals surface area contributed by atoms with E-state index in [1.54, 1.807) is 0 Å². The third-order valence-electron chi connectivity index (χ3n) is 5.70. The highest BCUT2D eigenvalue weighted by atomic mass is 16.3. The summed E-state index contributed by atoms with van der Waals surface area (Å²) in [6.07, 6.45) is 3.67. The molecule has 2 saturated heterocycles. The quantitative estimate of drug-likeness (QED) is 0.709. The zero-order chi connectivity index (χ0) is 18.9. The van der Waals surface area contributed by atoms with Crippen LogP contribution in [-0.4, -0.2) is 90.8 Å². The van der Waals surface area contributed by atoms with Crippen LogP contribution in [0.3, 0.4) is 0 Å². The Balaban J connectivity index is 1.25. The number of urea groups is 1. The minimum absolute atomic E-state index is 0.0757. The summed E-state index contributed by atoms with van der Waals surface area (Å²) >= 11 is 0. The van der Waals surface area contributed by atoms with Crippen LogP contribution < -0.4 is 5.32 Å². The highest BCUT2D eigenvalue weighted by Crippen LogP contribution is 2.10. The van der Waals surface area contributed by atoms with Crippen LogP contribution in [0.5, 0.6) is 0 Å². The van der Waals surface area contributed by atoms with Gasteiger partial charge in [-0.15, -0.1) is 0 Å². The number of piperazine rings is 1. The molecule has 0 spiro atoms. The predicted octanol–water partition coefficient (Wildman–Crippen LogP) is 1.40. The van der Waals surface area contributed by atoms with Crippen LogP contribution in [0.15, 0.2) is 30.3 Å². The normalized spacial score (nSPS) is 20.0. The van der Waals surface area contributed by atoms with E-state index in [-0.39, 0.29) is 12.1 Å². The van der Waals surface area contributed by atoms with Crippen molar-refractivity contribution >= 4 is 6.03 Å². The van der Waals surface area contributed by atoms with Gasteiger partial charge in [-0.1, -0.05) is 30.3 Å². The summed E-state index contributed by atoms with van der Waals surface area (Å²) in [5.74, 6) is 0. The van der Waals surface area contributed by atoms with Crippen LogP contribution in [0.2, 0.25) is 0 Å². The standard InChI is InChI=1S/C21H34N4O2/c26-20-8-13-23(14-9-20)11-4-10-22-21(27)25-17-15-24(16-18-25)12-7-19-5-2-1-3-6-19/h1-3,5-6,20,26H,4,7-18H2,(H,22,27). The molecule has 0 saturated carbocycles. The van der Waals surface area contributed by atoms with Crippen LogP contribution >= 0.6 is 0 Å². The molecule has 2 fully saturated rings. The van der Waals surface area contributed by atoms with Gasteiger partial charge in [-0.2, -0.15) is 0 Å². The third kappa shape index (κ3) is 6.79. The second-order valence-electron chi connectivity index (χ2n) is 7.72. The molecule has 0 atom stereocenters. The first-order valence-electron chi connectivity index (χ1n) is 10.4. The summed E-state index contributed by atoms with van der Waals surface area (Å²) in [4.78, 5) is 19.1. The van der Waals surface area contributed by atoms with Gasteiger partial charge in [0.15, 0.2) is 0 Å². The van der Waals surface area contributed by atoms with Gasteiger partial charge in [-0.25, -0.2) is 4.79 Å². The summed E-state index contributed by atoms with van der Waals surface area (Å²) in [5.41, 5.74) is 1.38. The van der Waals surface area contributed by atoms with Crippen molar-refractivity contribution in [3.63, 3.8) is 0 Å². The lowest BCUT2D eigenvalue weighted by atomic mass is 10.1. The number of hydrogen-bond donors (Lipinski definition) is 2. The van der Waals surface area contributed by atoms with Gasteiger partial charge in [0.2, 0.25) is 0 Å². The second-order valence-corrected chi connectivity index (χ2v) is 7.72. The molecule has 3 rings (SSSR count). The van der Waals surface area contributed by atoms with Gasteiger partial charge in [-0.05, 0) is 37.8 Å². The molecule has 1 aromatic rings. The maximum absolute atomic E-state index is 12.3. The van der Waals surface area contributed by atoms with Crippen molar-refractivity contribution < 1.29 is 9.90 Å². The number of nitrogens with zero attached hydrogens (tertiary/aromatic N) is 3. The van der Waals surface area contributed by atoms with Crippen LogP contribution in [-0.2, 0) is 6.42 Å². The van der Waals surface area contributed by atoms with E-state index in [2.05, 4.69) is 45.4 Å². The molecule has 2 amide bonds. The molecule has 0 unspecified atom stereocenters. The van der Waals surface area contributed by atoms with Gasteiger partial charge in [0.1, 0.15) is 0 Å². The second kappa shape index (κ2) is 10.6. The molecule has 6 heteroatoms. The van der Waals surface area contributed by atoms with Crippen molar-refractivity contribution in [2.24, 2.45) is 0 Å². The number of amides is 2. The number of carbonyl (C=O) groups excluding carboxylic acids is 1. The fourth-order valence-corrected chi connectivity index (χ4v) is 3.86. The van der Waals surface area contributed by atoms with E-state index < -0.39 is 0 Å². The monoisotopic (exact) mass is 374 g/mol. The lowest BCUT2D eigenvalue weighted by molar-refractivity contribution is 0.0821. The predicted molar refractivity (Wildman–Crippen MR) is 108 cm³/mol. The van der Waals surface area contributed by atoms with Crippen molar-refractivity contribution in [1.29, 1.82) is 0 Å². The fraction of sp³-hybridized carbons (Fsp3) is 0.667. The van der Waals surface area contributed by atoms with Gasteiger partial charge in [-0.3, -0.25) is 4.90 Å². The molecule has 150 valence electrons. The highest BCUT2D eigenvalue weighted by Gasteiger charge is 2.21. The third-order valence-corrected chi connectivity index (χ3v) is 5.70. The van der Waals surface area contributed by atoms with E-state index in [1.165, 1.54) is 5.56 Å². The van der Waals surface area contributed by atoms with Gasteiger partial charge >= 0.3 is 6.03 Å². The van der Waals surface area contributed by atoms with Gasteiger partial charge in [0, 0.05) is 52.4 Å². The molecule has 2 N–H and O–H groups in total. The molecular weight excluding hydrogens is 340 g/mol. The molecule has 27 heavy (non-hydrogen) atoms. The Kier molecular flexibility index (Phi) is 7.93. The van der Waals surface area contributed by atoms with E-state index in [4.69, 9.17) is 0 Å².